The molecule has 2 heterocycles. The number of rotatable bonds is 3. The van der Waals surface area contributed by atoms with Crippen LogP contribution in [0.4, 0.5) is 10.7 Å². The number of ether oxygens (including phenoxy) is 1. The molecule has 0 bridgehead atoms. The summed E-state index contributed by atoms with van der Waals surface area (Å²) in [5, 5.41) is 0. The van der Waals surface area contributed by atoms with Crippen molar-refractivity contribution in [2.75, 3.05) is 25.0 Å². The number of carbonyl (C=O) groups excluding carboxylic acids is 1. The van der Waals surface area contributed by atoms with Gasteiger partial charge in [-0.3, -0.25) is 0 Å². The fourth-order valence-corrected chi connectivity index (χ4v) is 2.47. The Balaban J connectivity index is 1.97. The van der Waals surface area contributed by atoms with E-state index in [2.05, 4.69) is 9.97 Å². The van der Waals surface area contributed by atoms with Crippen LogP contribution in [0, 0.1) is 0 Å². The van der Waals surface area contributed by atoms with Gasteiger partial charge in [0.25, 0.3) is 0 Å². The first-order chi connectivity index (χ1) is 9.87. The van der Waals surface area contributed by atoms with Crippen molar-refractivity contribution in [3.05, 3.63) is 18.5 Å². The third-order valence-electron chi connectivity index (χ3n) is 3.38. The lowest BCUT2D eigenvalue weighted by Gasteiger charge is -2.30. The number of amides is 1. The topological polar surface area (TPSA) is 58.6 Å². The standard InChI is InChI=1S/C15H24N4O2/c1-15(2,3)21-14(20)19-10-5-7-12(19)11-18(4)13-16-8-6-9-17-13/h6,8-9,12H,5,7,10-11H2,1-4H3. The molecule has 0 aliphatic carbocycles. The molecule has 0 N–H and O–H groups in total. The van der Waals surface area contributed by atoms with Crippen LogP contribution in [0.3, 0.4) is 0 Å². The van der Waals surface area contributed by atoms with E-state index < -0.39 is 5.60 Å². The first-order valence-electron chi connectivity index (χ1n) is 7.34. The second kappa shape index (κ2) is 6.28. The molecule has 1 aliphatic rings. The second-order valence-corrected chi connectivity index (χ2v) is 6.40. The normalized spacial score (nSPS) is 18.7. The van der Waals surface area contributed by atoms with Gasteiger partial charge in [-0.05, 0) is 39.7 Å². The molecule has 21 heavy (non-hydrogen) atoms. The van der Waals surface area contributed by atoms with Crippen molar-refractivity contribution >= 4 is 12.0 Å². The molecule has 116 valence electrons. The molecular weight excluding hydrogens is 268 g/mol. The van der Waals surface area contributed by atoms with E-state index in [1.165, 1.54) is 0 Å². The molecule has 1 aromatic heterocycles. The molecule has 1 atom stereocenters. The summed E-state index contributed by atoms with van der Waals surface area (Å²) in [6.07, 6.45) is 5.20. The Morgan fingerprint density at radius 2 is 2.10 bits per heavy atom. The van der Waals surface area contributed by atoms with E-state index in [-0.39, 0.29) is 12.1 Å². The highest BCUT2D eigenvalue weighted by molar-refractivity contribution is 5.69. The summed E-state index contributed by atoms with van der Waals surface area (Å²) < 4.78 is 5.48. The van der Waals surface area contributed by atoms with Gasteiger partial charge >= 0.3 is 6.09 Å². The number of likely N-dealkylation sites (N-methyl/N-ethyl adjacent to an activating group) is 1. The van der Waals surface area contributed by atoms with E-state index in [4.69, 9.17) is 4.74 Å². The summed E-state index contributed by atoms with van der Waals surface area (Å²) in [5.74, 6) is 0.675. The van der Waals surface area contributed by atoms with Gasteiger partial charge in [0.15, 0.2) is 0 Å². The fourth-order valence-electron chi connectivity index (χ4n) is 2.47. The SMILES string of the molecule is CN(CC1CCCN1C(=O)OC(C)(C)C)c1ncccn1. The van der Waals surface area contributed by atoms with Crippen LogP contribution in [0.1, 0.15) is 33.6 Å². The first-order valence-corrected chi connectivity index (χ1v) is 7.34. The largest absolute Gasteiger partial charge is 0.444 e. The van der Waals surface area contributed by atoms with E-state index in [1.54, 1.807) is 18.5 Å². The molecule has 0 radical (unpaired) electrons. The Morgan fingerprint density at radius 1 is 1.43 bits per heavy atom. The van der Waals surface area contributed by atoms with Gasteiger partial charge in [-0.25, -0.2) is 14.8 Å². The molecule has 0 spiro atoms. The number of likely N-dealkylation sites (tertiary alicyclic amines) is 1. The van der Waals surface area contributed by atoms with Gasteiger partial charge < -0.3 is 14.5 Å². The van der Waals surface area contributed by atoms with Gasteiger partial charge in [-0.2, -0.15) is 0 Å². The van der Waals surface area contributed by atoms with Gasteiger partial charge in [0.1, 0.15) is 5.60 Å². The zero-order valence-corrected chi connectivity index (χ0v) is 13.2. The Bertz CT molecular complexity index is 472. The third-order valence-corrected chi connectivity index (χ3v) is 3.38. The number of nitrogens with zero attached hydrogens (tertiary/aromatic N) is 4. The number of carbonyl (C=O) groups is 1. The van der Waals surface area contributed by atoms with Crippen molar-refractivity contribution < 1.29 is 9.53 Å². The Kier molecular flexibility index (Phi) is 4.65. The van der Waals surface area contributed by atoms with Crippen LogP contribution in [0.5, 0.6) is 0 Å². The van der Waals surface area contributed by atoms with Crippen molar-refractivity contribution in [1.82, 2.24) is 14.9 Å². The lowest BCUT2D eigenvalue weighted by molar-refractivity contribution is 0.0231. The van der Waals surface area contributed by atoms with E-state index >= 15 is 0 Å². The average molecular weight is 292 g/mol. The minimum absolute atomic E-state index is 0.147. The van der Waals surface area contributed by atoms with Crippen molar-refractivity contribution in [2.24, 2.45) is 0 Å². The van der Waals surface area contributed by atoms with Gasteiger partial charge in [0, 0.05) is 32.5 Å². The van der Waals surface area contributed by atoms with Gasteiger partial charge in [0.05, 0.1) is 6.04 Å². The molecule has 2 rings (SSSR count). The Hall–Kier alpha value is -1.85. The van der Waals surface area contributed by atoms with Crippen LogP contribution >= 0.6 is 0 Å². The van der Waals surface area contributed by atoms with Crippen molar-refractivity contribution in [3.63, 3.8) is 0 Å². The molecular formula is C15H24N4O2. The van der Waals surface area contributed by atoms with Gasteiger partial charge in [-0.1, -0.05) is 0 Å². The van der Waals surface area contributed by atoms with Crippen molar-refractivity contribution in [2.45, 2.75) is 45.3 Å². The molecule has 1 aromatic rings. The molecule has 6 heteroatoms. The van der Waals surface area contributed by atoms with Crippen LogP contribution in [0.15, 0.2) is 18.5 Å². The molecule has 6 nitrogen and oxygen atoms in total. The predicted octanol–water partition coefficient (Wildman–Crippen LogP) is 2.31. The molecule has 1 amide bonds. The molecule has 1 saturated heterocycles. The number of aromatic nitrogens is 2. The fraction of sp³-hybridized carbons (Fsp3) is 0.667. The quantitative estimate of drug-likeness (QED) is 0.855. The van der Waals surface area contributed by atoms with Gasteiger partial charge in [0.2, 0.25) is 5.95 Å². The number of anilines is 1. The second-order valence-electron chi connectivity index (χ2n) is 6.40. The summed E-state index contributed by atoms with van der Waals surface area (Å²) in [5.41, 5.74) is -0.460. The minimum Gasteiger partial charge on any atom is -0.444 e. The number of hydrogen-bond acceptors (Lipinski definition) is 5. The van der Waals surface area contributed by atoms with Crippen molar-refractivity contribution in [3.8, 4) is 0 Å². The van der Waals surface area contributed by atoms with Crippen molar-refractivity contribution in [1.29, 1.82) is 0 Å². The smallest absolute Gasteiger partial charge is 0.410 e. The summed E-state index contributed by atoms with van der Waals surface area (Å²) in [6, 6.07) is 1.94. The maximum atomic E-state index is 12.2. The van der Waals surface area contributed by atoms with E-state index in [0.717, 1.165) is 19.4 Å². The highest BCUT2D eigenvalue weighted by atomic mass is 16.6. The summed E-state index contributed by atoms with van der Waals surface area (Å²) in [4.78, 5) is 24.5. The lowest BCUT2D eigenvalue weighted by atomic mass is 10.2. The average Bonchev–Trinajstić information content (AvgIpc) is 2.86. The maximum Gasteiger partial charge on any atom is 0.410 e. The molecule has 1 fully saturated rings. The minimum atomic E-state index is -0.460. The van der Waals surface area contributed by atoms with E-state index in [1.807, 2.05) is 37.6 Å². The highest BCUT2D eigenvalue weighted by Crippen LogP contribution is 2.22. The Morgan fingerprint density at radius 3 is 2.71 bits per heavy atom. The van der Waals surface area contributed by atoms with Crippen LogP contribution < -0.4 is 4.90 Å². The zero-order chi connectivity index (χ0) is 15.5. The van der Waals surface area contributed by atoms with Gasteiger partial charge in [-0.15, -0.1) is 0 Å². The summed E-state index contributed by atoms with van der Waals surface area (Å²) >= 11 is 0. The maximum absolute atomic E-state index is 12.2. The first kappa shape index (κ1) is 15.5. The van der Waals surface area contributed by atoms with E-state index in [9.17, 15) is 4.79 Å². The Labute approximate surface area is 126 Å². The lowest BCUT2D eigenvalue weighted by Crippen LogP contribution is -2.44. The van der Waals surface area contributed by atoms with Crippen LogP contribution in [-0.4, -0.2) is 52.7 Å². The molecule has 1 unspecified atom stereocenters. The van der Waals surface area contributed by atoms with Crippen LogP contribution in [-0.2, 0) is 4.74 Å². The summed E-state index contributed by atoms with van der Waals surface area (Å²) in [6.45, 7) is 7.13. The van der Waals surface area contributed by atoms with Crippen LogP contribution in [0.25, 0.3) is 0 Å². The van der Waals surface area contributed by atoms with E-state index in [0.29, 0.717) is 12.5 Å². The third kappa shape index (κ3) is 4.31. The molecule has 0 saturated carbocycles. The molecule has 0 aromatic carbocycles. The van der Waals surface area contributed by atoms with Crippen LogP contribution in [0.2, 0.25) is 0 Å². The molecule has 1 aliphatic heterocycles. The highest BCUT2D eigenvalue weighted by Gasteiger charge is 2.33. The predicted molar refractivity (Wildman–Crippen MR) is 81.3 cm³/mol. The summed E-state index contributed by atoms with van der Waals surface area (Å²) in [7, 11) is 1.95. The zero-order valence-electron chi connectivity index (χ0n) is 13.2. The number of hydrogen-bond donors (Lipinski definition) is 0. The monoisotopic (exact) mass is 292 g/mol.